The lowest BCUT2D eigenvalue weighted by molar-refractivity contribution is 0.0944. The van der Waals surface area contributed by atoms with E-state index >= 15 is 0 Å². The van der Waals surface area contributed by atoms with Gasteiger partial charge in [-0.1, -0.05) is 0 Å². The van der Waals surface area contributed by atoms with Crippen LogP contribution in [-0.2, 0) is 6.54 Å². The Morgan fingerprint density at radius 3 is 2.25 bits per heavy atom. The molecule has 2 aromatic carbocycles. The van der Waals surface area contributed by atoms with Crippen LogP contribution in [0.3, 0.4) is 0 Å². The Labute approximate surface area is 239 Å². The van der Waals surface area contributed by atoms with Gasteiger partial charge in [-0.05, 0) is 112 Å². The summed E-state index contributed by atoms with van der Waals surface area (Å²) in [6, 6.07) is 15.2. The van der Waals surface area contributed by atoms with Crippen molar-refractivity contribution in [2.24, 2.45) is 0 Å². The van der Waals surface area contributed by atoms with E-state index in [0.717, 1.165) is 67.1 Å². The van der Waals surface area contributed by atoms with Crippen LogP contribution in [0.1, 0.15) is 58.8 Å². The number of anilines is 1. The van der Waals surface area contributed by atoms with E-state index in [2.05, 4.69) is 52.1 Å². The van der Waals surface area contributed by atoms with Crippen LogP contribution in [0.4, 0.5) is 5.69 Å². The third-order valence-electron chi connectivity index (χ3n) is 8.27. The first-order valence-electron chi connectivity index (χ1n) is 14.3. The molecule has 1 fully saturated rings. The Bertz CT molecular complexity index is 1250. The molecule has 214 valence electrons. The van der Waals surface area contributed by atoms with Gasteiger partial charge in [0.1, 0.15) is 11.5 Å². The first-order chi connectivity index (χ1) is 19.3. The average molecular weight is 545 g/mol. The summed E-state index contributed by atoms with van der Waals surface area (Å²) in [5, 5.41) is 3.15. The molecule has 1 aliphatic rings. The third-order valence-corrected chi connectivity index (χ3v) is 8.27. The predicted molar refractivity (Wildman–Crippen MR) is 162 cm³/mol. The lowest BCUT2D eigenvalue weighted by Crippen LogP contribution is -2.48. The van der Waals surface area contributed by atoms with Gasteiger partial charge in [0.05, 0.1) is 14.2 Å². The van der Waals surface area contributed by atoms with Crippen LogP contribution in [0.25, 0.3) is 0 Å². The molecule has 0 bridgehead atoms. The monoisotopic (exact) mass is 544 g/mol. The number of nitrogens with zero attached hydrogens (tertiary/aromatic N) is 3. The second-order valence-corrected chi connectivity index (χ2v) is 10.9. The quantitative estimate of drug-likeness (QED) is 0.334. The van der Waals surface area contributed by atoms with Gasteiger partial charge in [-0.15, -0.1) is 0 Å². The zero-order valence-corrected chi connectivity index (χ0v) is 24.9. The molecular formula is C33H44N4O3. The summed E-state index contributed by atoms with van der Waals surface area (Å²) >= 11 is 0. The molecule has 0 aliphatic carbocycles. The molecule has 0 radical (unpaired) electrons. The van der Waals surface area contributed by atoms with Gasteiger partial charge in [-0.25, -0.2) is 0 Å². The Hall–Kier alpha value is -3.58. The number of aryl methyl sites for hydroxylation is 3. The van der Waals surface area contributed by atoms with E-state index in [1.54, 1.807) is 14.2 Å². The molecule has 0 spiro atoms. The summed E-state index contributed by atoms with van der Waals surface area (Å²) in [7, 11) is 3.35. The fourth-order valence-electron chi connectivity index (χ4n) is 5.75. The van der Waals surface area contributed by atoms with Crippen LogP contribution >= 0.6 is 0 Å². The van der Waals surface area contributed by atoms with Crippen LogP contribution < -0.4 is 19.7 Å². The Kier molecular flexibility index (Phi) is 10.0. The van der Waals surface area contributed by atoms with Gasteiger partial charge >= 0.3 is 0 Å². The van der Waals surface area contributed by atoms with Crippen LogP contribution in [0.2, 0.25) is 0 Å². The number of methoxy groups -OCH3 is 2. The molecule has 4 rings (SSSR count). The van der Waals surface area contributed by atoms with Gasteiger partial charge in [0.15, 0.2) is 0 Å². The van der Waals surface area contributed by atoms with Crippen LogP contribution in [0, 0.1) is 20.8 Å². The largest absolute Gasteiger partial charge is 0.497 e. The molecule has 40 heavy (non-hydrogen) atoms. The number of amides is 1. The van der Waals surface area contributed by atoms with Crippen LogP contribution in [-0.4, -0.2) is 61.7 Å². The number of rotatable bonds is 11. The molecule has 1 unspecified atom stereocenters. The van der Waals surface area contributed by atoms with Crippen molar-refractivity contribution in [2.45, 2.75) is 65.6 Å². The maximum atomic E-state index is 12.9. The normalized spacial score (nSPS) is 14.9. The van der Waals surface area contributed by atoms with Gasteiger partial charge in [-0.3, -0.25) is 9.78 Å². The summed E-state index contributed by atoms with van der Waals surface area (Å²) in [6.45, 7) is 11.9. The Balaban J connectivity index is 1.34. The summed E-state index contributed by atoms with van der Waals surface area (Å²) in [5.74, 6) is 1.64. The lowest BCUT2D eigenvalue weighted by Gasteiger charge is -2.42. The zero-order chi connectivity index (χ0) is 28.6. The molecule has 7 nitrogen and oxygen atoms in total. The molecule has 1 saturated heterocycles. The lowest BCUT2D eigenvalue weighted by atomic mass is 9.98. The minimum atomic E-state index is -0.00982. The molecule has 3 aromatic rings. The van der Waals surface area contributed by atoms with E-state index in [1.165, 1.54) is 16.8 Å². The molecule has 2 heterocycles. The molecule has 1 aliphatic heterocycles. The topological polar surface area (TPSA) is 66.9 Å². The van der Waals surface area contributed by atoms with E-state index in [4.69, 9.17) is 9.47 Å². The number of hydrogen-bond acceptors (Lipinski definition) is 6. The fraction of sp³-hybridized carbons (Fsp3) is 0.455. The fourth-order valence-corrected chi connectivity index (χ4v) is 5.75. The molecule has 7 heteroatoms. The van der Waals surface area contributed by atoms with Crippen molar-refractivity contribution in [1.82, 2.24) is 15.2 Å². The third kappa shape index (κ3) is 7.13. The Morgan fingerprint density at radius 1 is 1.00 bits per heavy atom. The average Bonchev–Trinajstić information content (AvgIpc) is 2.96. The zero-order valence-electron chi connectivity index (χ0n) is 24.9. The van der Waals surface area contributed by atoms with Crippen molar-refractivity contribution < 1.29 is 14.3 Å². The van der Waals surface area contributed by atoms with Gasteiger partial charge < -0.3 is 24.6 Å². The van der Waals surface area contributed by atoms with Crippen molar-refractivity contribution in [1.29, 1.82) is 0 Å². The minimum absolute atomic E-state index is 0.00982. The molecule has 1 amide bonds. The maximum Gasteiger partial charge on any atom is 0.251 e. The highest BCUT2D eigenvalue weighted by atomic mass is 16.5. The highest BCUT2D eigenvalue weighted by Gasteiger charge is 2.28. The first-order valence-corrected chi connectivity index (χ1v) is 14.3. The number of piperidine rings is 1. The van der Waals surface area contributed by atoms with E-state index < -0.39 is 0 Å². The molecule has 1 aromatic heterocycles. The molecule has 0 saturated carbocycles. The minimum Gasteiger partial charge on any atom is -0.497 e. The second-order valence-electron chi connectivity index (χ2n) is 10.9. The van der Waals surface area contributed by atoms with E-state index in [-0.39, 0.29) is 5.91 Å². The number of hydrogen-bond donors (Lipinski definition) is 1. The highest BCUT2D eigenvalue weighted by Crippen LogP contribution is 2.29. The van der Waals surface area contributed by atoms with E-state index in [1.807, 2.05) is 50.5 Å². The first kappa shape index (κ1) is 29.4. The van der Waals surface area contributed by atoms with Crippen molar-refractivity contribution in [3.63, 3.8) is 0 Å². The second kappa shape index (κ2) is 13.7. The number of carbonyl (C=O) groups is 1. The van der Waals surface area contributed by atoms with Crippen LogP contribution in [0.15, 0.2) is 54.9 Å². The van der Waals surface area contributed by atoms with Crippen molar-refractivity contribution in [3.8, 4) is 11.5 Å². The molecule has 1 atom stereocenters. The van der Waals surface area contributed by atoms with Gasteiger partial charge in [0.25, 0.3) is 5.91 Å². The number of nitrogens with one attached hydrogen (secondary N) is 1. The number of ether oxygens (including phenoxy) is 2. The van der Waals surface area contributed by atoms with Crippen molar-refractivity contribution >= 4 is 11.6 Å². The standard InChI is InChI=1S/C33H44N4O3/c1-23-11-15-34-21-27(23)22-37(28-7-9-30(39-5)10-8-28)29-13-17-36(18-14-29)26(4)12-16-35-33(38)32-24(2)19-31(40-6)20-25(32)3/h7-11,15,19-21,26,29H,12-14,16-18,22H2,1-6H3,(H,35,38). The highest BCUT2D eigenvalue weighted by molar-refractivity contribution is 5.97. The number of pyridine rings is 1. The van der Waals surface area contributed by atoms with Gasteiger partial charge in [0, 0.05) is 61.9 Å². The van der Waals surface area contributed by atoms with E-state index in [0.29, 0.717) is 18.6 Å². The summed E-state index contributed by atoms with van der Waals surface area (Å²) in [4.78, 5) is 22.4. The van der Waals surface area contributed by atoms with E-state index in [9.17, 15) is 4.79 Å². The number of benzene rings is 2. The van der Waals surface area contributed by atoms with Crippen molar-refractivity contribution in [2.75, 3.05) is 38.8 Å². The SMILES string of the molecule is COc1ccc(N(Cc2cnccc2C)C2CCN(C(C)CCNC(=O)c3c(C)cc(OC)cc3C)CC2)cc1. The maximum absolute atomic E-state index is 12.9. The van der Waals surface area contributed by atoms with Gasteiger partial charge in [-0.2, -0.15) is 0 Å². The Morgan fingerprint density at radius 2 is 1.65 bits per heavy atom. The summed E-state index contributed by atoms with van der Waals surface area (Å²) < 4.78 is 10.7. The molecule has 1 N–H and O–H groups in total. The number of likely N-dealkylation sites (tertiary alicyclic amines) is 1. The molecular weight excluding hydrogens is 500 g/mol. The summed E-state index contributed by atoms with van der Waals surface area (Å²) in [5.41, 5.74) is 6.35. The number of carbonyl (C=O) groups excluding carboxylic acids is 1. The smallest absolute Gasteiger partial charge is 0.251 e. The van der Waals surface area contributed by atoms with Crippen molar-refractivity contribution in [3.05, 3.63) is 82.7 Å². The summed E-state index contributed by atoms with van der Waals surface area (Å²) in [6.07, 6.45) is 6.95. The number of aromatic nitrogens is 1. The van der Waals surface area contributed by atoms with Crippen LogP contribution in [0.5, 0.6) is 11.5 Å². The predicted octanol–water partition coefficient (Wildman–Crippen LogP) is 5.70. The van der Waals surface area contributed by atoms with Gasteiger partial charge in [0.2, 0.25) is 0 Å².